The Bertz CT molecular complexity index is 240. The van der Waals surface area contributed by atoms with Gasteiger partial charge >= 0.3 is 12.1 Å². The highest BCUT2D eigenvalue weighted by Crippen LogP contribution is 2.12. The molecule has 0 aliphatic rings. The van der Waals surface area contributed by atoms with Crippen LogP contribution in [0.2, 0.25) is 0 Å². The Morgan fingerprint density at radius 3 is 2.00 bits per heavy atom. The minimum absolute atomic E-state index is 0.0199. The Balaban J connectivity index is 4.64. The summed E-state index contributed by atoms with van der Waals surface area (Å²) < 4.78 is 9.77. The molecule has 0 aromatic heterocycles. The normalized spacial score (nSPS) is 12.1. The lowest BCUT2D eigenvalue weighted by molar-refractivity contribution is -0.150. The van der Waals surface area contributed by atoms with Crippen LogP contribution in [0.25, 0.3) is 0 Å². The Morgan fingerprint density at radius 2 is 1.62 bits per heavy atom. The van der Waals surface area contributed by atoms with Gasteiger partial charge in [-0.1, -0.05) is 13.8 Å². The summed E-state index contributed by atoms with van der Waals surface area (Å²) in [5, 5.41) is 0. The van der Waals surface area contributed by atoms with E-state index in [4.69, 9.17) is 9.47 Å². The maximum atomic E-state index is 11.7. The molecule has 1 unspecified atom stereocenters. The number of ether oxygens (including phenoxy) is 2. The molecule has 1 amide bonds. The summed E-state index contributed by atoms with van der Waals surface area (Å²) in [7, 11) is 1.54. The quantitative estimate of drug-likeness (QED) is 0.675. The van der Waals surface area contributed by atoms with Crippen LogP contribution in [0.15, 0.2) is 0 Å². The topological polar surface area (TPSA) is 55.8 Å². The van der Waals surface area contributed by atoms with Gasteiger partial charge in [-0.2, -0.15) is 0 Å². The third-order valence-corrected chi connectivity index (χ3v) is 2.13. The van der Waals surface area contributed by atoms with Gasteiger partial charge in [-0.3, -0.25) is 4.90 Å². The van der Waals surface area contributed by atoms with Crippen molar-refractivity contribution in [2.75, 3.05) is 20.3 Å². The minimum Gasteiger partial charge on any atom is -0.464 e. The van der Waals surface area contributed by atoms with Crippen LogP contribution in [0.3, 0.4) is 0 Å². The van der Waals surface area contributed by atoms with Gasteiger partial charge in [0.2, 0.25) is 0 Å². The molecular formula is C11H21NO4. The predicted molar refractivity (Wildman–Crippen MR) is 60.0 cm³/mol. The van der Waals surface area contributed by atoms with Gasteiger partial charge < -0.3 is 9.47 Å². The summed E-state index contributed by atoms with van der Waals surface area (Å²) in [6.45, 7) is 7.77. The van der Waals surface area contributed by atoms with Crippen molar-refractivity contribution in [2.24, 2.45) is 5.92 Å². The SMILES string of the molecule is CCOC(=O)C(C(C)C)N(C)C(=O)OCC. The first-order valence-corrected chi connectivity index (χ1v) is 5.51. The number of likely N-dealkylation sites (N-methyl/N-ethyl adjacent to an activating group) is 1. The second-order valence-electron chi connectivity index (χ2n) is 3.75. The molecule has 5 heteroatoms. The predicted octanol–water partition coefficient (Wildman–Crippen LogP) is 1.66. The number of carbonyl (C=O) groups excluding carboxylic acids is 2. The van der Waals surface area contributed by atoms with Crippen molar-refractivity contribution < 1.29 is 19.1 Å². The number of rotatable bonds is 5. The van der Waals surface area contributed by atoms with Crippen molar-refractivity contribution in [3.05, 3.63) is 0 Å². The van der Waals surface area contributed by atoms with Crippen LogP contribution in [0.1, 0.15) is 27.7 Å². The average Bonchev–Trinajstić information content (AvgIpc) is 2.17. The molecule has 0 aromatic rings. The zero-order chi connectivity index (χ0) is 12.7. The van der Waals surface area contributed by atoms with Crippen LogP contribution in [0.5, 0.6) is 0 Å². The summed E-state index contributed by atoms with van der Waals surface area (Å²) >= 11 is 0. The molecule has 0 fully saturated rings. The maximum absolute atomic E-state index is 11.7. The standard InChI is InChI=1S/C11H21NO4/c1-6-15-10(13)9(8(3)4)12(5)11(14)16-7-2/h8-9H,6-7H2,1-5H3. The second-order valence-corrected chi connectivity index (χ2v) is 3.75. The molecule has 1 atom stereocenters. The molecule has 0 aliphatic heterocycles. The largest absolute Gasteiger partial charge is 0.464 e. The molecule has 0 bridgehead atoms. The van der Waals surface area contributed by atoms with E-state index in [9.17, 15) is 9.59 Å². The molecule has 0 spiro atoms. The van der Waals surface area contributed by atoms with E-state index in [-0.39, 0.29) is 12.5 Å². The maximum Gasteiger partial charge on any atom is 0.410 e. The van der Waals surface area contributed by atoms with Gasteiger partial charge in [0.25, 0.3) is 0 Å². The van der Waals surface area contributed by atoms with E-state index in [0.717, 1.165) is 0 Å². The first-order valence-electron chi connectivity index (χ1n) is 5.51. The van der Waals surface area contributed by atoms with E-state index in [0.29, 0.717) is 6.61 Å². The van der Waals surface area contributed by atoms with Crippen LogP contribution < -0.4 is 0 Å². The van der Waals surface area contributed by atoms with Gasteiger partial charge in [0.1, 0.15) is 6.04 Å². The molecule has 94 valence electrons. The summed E-state index contributed by atoms with van der Waals surface area (Å²) in [6, 6.07) is -0.598. The van der Waals surface area contributed by atoms with Crippen molar-refractivity contribution in [1.82, 2.24) is 4.90 Å². The van der Waals surface area contributed by atoms with Crippen molar-refractivity contribution >= 4 is 12.1 Å². The highest BCUT2D eigenvalue weighted by atomic mass is 16.6. The van der Waals surface area contributed by atoms with Gasteiger partial charge in [-0.05, 0) is 19.8 Å². The smallest absolute Gasteiger partial charge is 0.410 e. The zero-order valence-electron chi connectivity index (χ0n) is 10.6. The molecule has 0 aromatic carbocycles. The van der Waals surface area contributed by atoms with Crippen LogP contribution in [-0.2, 0) is 14.3 Å². The fourth-order valence-corrected chi connectivity index (χ4v) is 1.44. The number of amides is 1. The molecule has 5 nitrogen and oxygen atoms in total. The molecule has 0 saturated carbocycles. The summed E-state index contributed by atoms with van der Waals surface area (Å²) in [5.41, 5.74) is 0. The van der Waals surface area contributed by atoms with E-state index < -0.39 is 18.1 Å². The Hall–Kier alpha value is -1.26. The van der Waals surface area contributed by atoms with Crippen LogP contribution in [-0.4, -0.2) is 43.3 Å². The molecule has 0 aliphatic carbocycles. The van der Waals surface area contributed by atoms with E-state index in [1.807, 2.05) is 13.8 Å². The molecular weight excluding hydrogens is 210 g/mol. The summed E-state index contributed by atoms with van der Waals surface area (Å²) in [5.74, 6) is -0.415. The molecule has 0 rings (SSSR count). The fraction of sp³-hybridized carbons (Fsp3) is 0.818. The van der Waals surface area contributed by atoms with Gasteiger partial charge in [0.05, 0.1) is 13.2 Å². The van der Waals surface area contributed by atoms with Crippen LogP contribution >= 0.6 is 0 Å². The highest BCUT2D eigenvalue weighted by Gasteiger charge is 2.31. The number of hydrogen-bond donors (Lipinski definition) is 0. The van der Waals surface area contributed by atoms with E-state index in [2.05, 4.69) is 0 Å². The number of esters is 1. The summed E-state index contributed by atoms with van der Waals surface area (Å²) in [4.78, 5) is 24.4. The summed E-state index contributed by atoms with van der Waals surface area (Å²) in [6.07, 6.45) is -0.505. The lowest BCUT2D eigenvalue weighted by atomic mass is 10.0. The molecule has 0 heterocycles. The average molecular weight is 231 g/mol. The van der Waals surface area contributed by atoms with Crippen molar-refractivity contribution in [2.45, 2.75) is 33.7 Å². The monoisotopic (exact) mass is 231 g/mol. The zero-order valence-corrected chi connectivity index (χ0v) is 10.6. The van der Waals surface area contributed by atoms with Crippen molar-refractivity contribution in [3.8, 4) is 0 Å². The van der Waals surface area contributed by atoms with Gasteiger partial charge in [-0.15, -0.1) is 0 Å². The molecule has 0 radical (unpaired) electrons. The Morgan fingerprint density at radius 1 is 1.12 bits per heavy atom. The first kappa shape index (κ1) is 14.7. The van der Waals surface area contributed by atoms with Gasteiger partial charge in [-0.25, -0.2) is 9.59 Å². The lowest BCUT2D eigenvalue weighted by Crippen LogP contribution is -2.46. The second kappa shape index (κ2) is 7.09. The number of carbonyl (C=O) groups is 2. The van der Waals surface area contributed by atoms with Crippen LogP contribution in [0, 0.1) is 5.92 Å². The van der Waals surface area contributed by atoms with Crippen molar-refractivity contribution in [3.63, 3.8) is 0 Å². The molecule has 16 heavy (non-hydrogen) atoms. The number of hydrogen-bond acceptors (Lipinski definition) is 4. The van der Waals surface area contributed by atoms with E-state index >= 15 is 0 Å². The third-order valence-electron chi connectivity index (χ3n) is 2.13. The lowest BCUT2D eigenvalue weighted by Gasteiger charge is -2.28. The minimum atomic E-state index is -0.598. The van der Waals surface area contributed by atoms with Crippen molar-refractivity contribution in [1.29, 1.82) is 0 Å². The fourth-order valence-electron chi connectivity index (χ4n) is 1.44. The van der Waals surface area contributed by atoms with E-state index in [1.54, 1.807) is 20.9 Å². The number of nitrogens with zero attached hydrogens (tertiary/aromatic N) is 1. The Kier molecular flexibility index (Phi) is 6.53. The van der Waals surface area contributed by atoms with E-state index in [1.165, 1.54) is 4.90 Å². The van der Waals surface area contributed by atoms with Crippen LogP contribution in [0.4, 0.5) is 4.79 Å². The van der Waals surface area contributed by atoms with Gasteiger partial charge in [0, 0.05) is 7.05 Å². The molecule has 0 saturated heterocycles. The highest BCUT2D eigenvalue weighted by molar-refractivity contribution is 5.81. The van der Waals surface area contributed by atoms with Gasteiger partial charge in [0.15, 0.2) is 0 Å². The third kappa shape index (κ3) is 4.08. The molecule has 0 N–H and O–H groups in total. The first-order chi connectivity index (χ1) is 7.45. The Labute approximate surface area is 96.7 Å².